The fourth-order valence-electron chi connectivity index (χ4n) is 1.15. The molecule has 0 aliphatic rings. The molecule has 0 fully saturated rings. The first-order valence-corrected chi connectivity index (χ1v) is 6.53. The van der Waals surface area contributed by atoms with Crippen molar-refractivity contribution in [2.45, 2.75) is 33.7 Å². The Morgan fingerprint density at radius 1 is 1.27 bits per heavy atom. The SMILES string of the molecule is CC(C)CS(=O)(=O)NC(C(=O)O)C(C)C. The fourth-order valence-corrected chi connectivity index (χ4v) is 2.89. The van der Waals surface area contributed by atoms with Crippen molar-refractivity contribution in [2.24, 2.45) is 11.8 Å². The van der Waals surface area contributed by atoms with Gasteiger partial charge >= 0.3 is 5.97 Å². The first kappa shape index (κ1) is 14.4. The van der Waals surface area contributed by atoms with E-state index in [0.29, 0.717) is 0 Å². The quantitative estimate of drug-likeness (QED) is 0.711. The van der Waals surface area contributed by atoms with E-state index in [9.17, 15) is 13.2 Å². The summed E-state index contributed by atoms with van der Waals surface area (Å²) in [7, 11) is -3.50. The van der Waals surface area contributed by atoms with Gasteiger partial charge in [0.2, 0.25) is 10.0 Å². The lowest BCUT2D eigenvalue weighted by atomic mass is 10.1. The lowest BCUT2D eigenvalue weighted by Gasteiger charge is -2.18. The molecule has 0 spiro atoms. The molecule has 0 aromatic carbocycles. The molecule has 5 nitrogen and oxygen atoms in total. The van der Waals surface area contributed by atoms with E-state index in [2.05, 4.69) is 4.72 Å². The lowest BCUT2D eigenvalue weighted by Crippen LogP contribution is -2.45. The molecule has 1 atom stereocenters. The van der Waals surface area contributed by atoms with Gasteiger partial charge in [0.1, 0.15) is 6.04 Å². The zero-order chi connectivity index (χ0) is 12.2. The summed E-state index contributed by atoms with van der Waals surface area (Å²) in [5, 5.41) is 8.81. The van der Waals surface area contributed by atoms with E-state index in [4.69, 9.17) is 5.11 Å². The van der Waals surface area contributed by atoms with Crippen molar-refractivity contribution < 1.29 is 18.3 Å². The van der Waals surface area contributed by atoms with Gasteiger partial charge in [-0.15, -0.1) is 0 Å². The Kier molecular flexibility index (Phi) is 5.23. The highest BCUT2D eigenvalue weighted by Crippen LogP contribution is 2.06. The predicted octanol–water partition coefficient (Wildman–Crippen LogP) is 0.671. The molecule has 0 amide bonds. The Morgan fingerprint density at radius 3 is 2.00 bits per heavy atom. The Bertz CT molecular complexity index is 308. The maximum absolute atomic E-state index is 11.5. The van der Waals surface area contributed by atoms with Crippen molar-refractivity contribution >= 4 is 16.0 Å². The van der Waals surface area contributed by atoms with E-state index in [-0.39, 0.29) is 17.6 Å². The minimum Gasteiger partial charge on any atom is -0.480 e. The van der Waals surface area contributed by atoms with Crippen LogP contribution in [0.1, 0.15) is 27.7 Å². The monoisotopic (exact) mass is 237 g/mol. The predicted molar refractivity (Wildman–Crippen MR) is 58.0 cm³/mol. The van der Waals surface area contributed by atoms with Crippen molar-refractivity contribution in [2.75, 3.05) is 5.75 Å². The molecule has 0 rings (SSSR count). The molecule has 0 aromatic rings. The van der Waals surface area contributed by atoms with Crippen LogP contribution >= 0.6 is 0 Å². The smallest absolute Gasteiger partial charge is 0.321 e. The van der Waals surface area contributed by atoms with Gasteiger partial charge in [-0.1, -0.05) is 27.7 Å². The average Bonchev–Trinajstić information content (AvgIpc) is 1.96. The molecule has 90 valence electrons. The van der Waals surface area contributed by atoms with Crippen LogP contribution in [-0.4, -0.2) is 31.3 Å². The van der Waals surface area contributed by atoms with Gasteiger partial charge < -0.3 is 5.11 Å². The van der Waals surface area contributed by atoms with Crippen LogP contribution in [0.5, 0.6) is 0 Å². The molecule has 6 heteroatoms. The molecule has 0 aliphatic heterocycles. The zero-order valence-corrected chi connectivity index (χ0v) is 10.3. The van der Waals surface area contributed by atoms with Crippen molar-refractivity contribution in [3.63, 3.8) is 0 Å². The number of nitrogens with one attached hydrogen (secondary N) is 1. The van der Waals surface area contributed by atoms with E-state index in [1.165, 1.54) is 0 Å². The average molecular weight is 237 g/mol. The molecule has 0 aliphatic carbocycles. The number of aliphatic carboxylic acids is 1. The summed E-state index contributed by atoms with van der Waals surface area (Å²) < 4.78 is 25.2. The maximum atomic E-state index is 11.5. The third-order valence-electron chi connectivity index (χ3n) is 1.79. The summed E-state index contributed by atoms with van der Waals surface area (Å²) in [5.74, 6) is -1.49. The van der Waals surface area contributed by atoms with Crippen LogP contribution in [0.4, 0.5) is 0 Å². The van der Waals surface area contributed by atoms with Crippen molar-refractivity contribution in [3.8, 4) is 0 Å². The third-order valence-corrected chi connectivity index (χ3v) is 3.51. The summed E-state index contributed by atoms with van der Waals surface area (Å²) in [5.41, 5.74) is 0. The first-order chi connectivity index (χ1) is 6.65. The van der Waals surface area contributed by atoms with E-state index in [0.717, 1.165) is 0 Å². The highest BCUT2D eigenvalue weighted by Gasteiger charge is 2.27. The van der Waals surface area contributed by atoms with Gasteiger partial charge in [0, 0.05) is 0 Å². The normalized spacial score (nSPS) is 14.5. The van der Waals surface area contributed by atoms with Gasteiger partial charge in [0.15, 0.2) is 0 Å². The van der Waals surface area contributed by atoms with Gasteiger partial charge in [-0.2, -0.15) is 0 Å². The Morgan fingerprint density at radius 2 is 1.73 bits per heavy atom. The van der Waals surface area contributed by atoms with Crippen LogP contribution in [0.15, 0.2) is 0 Å². The summed E-state index contributed by atoms with van der Waals surface area (Å²) in [6.45, 7) is 6.86. The van der Waals surface area contributed by atoms with Gasteiger partial charge in [0.25, 0.3) is 0 Å². The van der Waals surface area contributed by atoms with Gasteiger partial charge in [-0.05, 0) is 11.8 Å². The molecule has 1 unspecified atom stereocenters. The number of sulfonamides is 1. The van der Waals surface area contributed by atoms with Crippen LogP contribution in [0.25, 0.3) is 0 Å². The molecule has 0 saturated carbocycles. The maximum Gasteiger partial charge on any atom is 0.321 e. The number of carbonyl (C=O) groups is 1. The summed E-state index contributed by atoms with van der Waals surface area (Å²) in [6.07, 6.45) is 0. The van der Waals surface area contributed by atoms with Crippen molar-refractivity contribution in [1.82, 2.24) is 4.72 Å². The second-order valence-corrected chi connectivity index (χ2v) is 6.15. The van der Waals surface area contributed by atoms with Crippen LogP contribution in [0, 0.1) is 11.8 Å². The molecule has 0 radical (unpaired) electrons. The van der Waals surface area contributed by atoms with Crippen LogP contribution < -0.4 is 4.72 Å². The topological polar surface area (TPSA) is 83.5 Å². The zero-order valence-electron chi connectivity index (χ0n) is 9.52. The van der Waals surface area contributed by atoms with Gasteiger partial charge in [-0.25, -0.2) is 13.1 Å². The lowest BCUT2D eigenvalue weighted by molar-refractivity contribution is -0.140. The standard InChI is InChI=1S/C9H19NO4S/c1-6(2)5-15(13,14)10-8(7(3)4)9(11)12/h6-8,10H,5H2,1-4H3,(H,11,12). The summed E-state index contributed by atoms with van der Waals surface area (Å²) >= 11 is 0. The molecule has 2 N–H and O–H groups in total. The second-order valence-electron chi connectivity index (χ2n) is 4.35. The molecule has 0 aromatic heterocycles. The largest absolute Gasteiger partial charge is 0.480 e. The second kappa shape index (κ2) is 5.46. The number of hydrogen-bond acceptors (Lipinski definition) is 3. The molecule has 0 heterocycles. The number of carboxylic acids is 1. The van der Waals surface area contributed by atoms with E-state index >= 15 is 0 Å². The summed E-state index contributed by atoms with van der Waals surface area (Å²) in [6, 6.07) is -1.05. The highest BCUT2D eigenvalue weighted by atomic mass is 32.2. The Labute approximate surface area is 90.9 Å². The number of hydrogen-bond donors (Lipinski definition) is 2. The van der Waals surface area contributed by atoms with Gasteiger partial charge in [0.05, 0.1) is 5.75 Å². The molecule has 0 bridgehead atoms. The van der Waals surface area contributed by atoms with E-state index < -0.39 is 22.0 Å². The molecular weight excluding hydrogens is 218 g/mol. The third kappa shape index (κ3) is 5.74. The van der Waals surface area contributed by atoms with Crippen molar-refractivity contribution in [3.05, 3.63) is 0 Å². The fraction of sp³-hybridized carbons (Fsp3) is 0.889. The van der Waals surface area contributed by atoms with Crippen LogP contribution in [0.3, 0.4) is 0 Å². The van der Waals surface area contributed by atoms with Crippen LogP contribution in [-0.2, 0) is 14.8 Å². The first-order valence-electron chi connectivity index (χ1n) is 4.88. The molecular formula is C9H19NO4S. The molecule has 0 saturated heterocycles. The number of carboxylic acid groups (broad SMARTS) is 1. The number of rotatable bonds is 6. The van der Waals surface area contributed by atoms with Crippen molar-refractivity contribution in [1.29, 1.82) is 0 Å². The highest BCUT2D eigenvalue weighted by molar-refractivity contribution is 7.89. The Balaban J connectivity index is 4.61. The van der Waals surface area contributed by atoms with E-state index in [1.54, 1.807) is 27.7 Å². The minimum absolute atomic E-state index is 0.0240. The summed E-state index contributed by atoms with van der Waals surface area (Å²) in [4.78, 5) is 10.8. The molecule has 15 heavy (non-hydrogen) atoms. The van der Waals surface area contributed by atoms with Gasteiger partial charge in [-0.3, -0.25) is 4.79 Å². The van der Waals surface area contributed by atoms with E-state index in [1.807, 2.05) is 0 Å². The Hall–Kier alpha value is -0.620. The van der Waals surface area contributed by atoms with Crippen LogP contribution in [0.2, 0.25) is 0 Å². The minimum atomic E-state index is -3.50.